The van der Waals surface area contributed by atoms with E-state index in [2.05, 4.69) is 48.1 Å². The van der Waals surface area contributed by atoms with E-state index in [1.165, 1.54) is 45.6 Å². The quantitative estimate of drug-likeness (QED) is 0.245. The zero-order valence-corrected chi connectivity index (χ0v) is 13.9. The van der Waals surface area contributed by atoms with Gasteiger partial charge in [-0.3, -0.25) is 4.79 Å². The summed E-state index contributed by atoms with van der Waals surface area (Å²) in [5.74, 6) is -0.0894. The van der Waals surface area contributed by atoms with Crippen LogP contribution in [0.5, 0.6) is 0 Å². The predicted octanol–water partition coefficient (Wildman–Crippen LogP) is 5.75. The smallest absolute Gasteiger partial charge is 0.305 e. The highest BCUT2D eigenvalue weighted by Gasteiger charge is 1.98. The SMILES string of the molecule is CCCC\C=C/C=C\C=C/CCCCCCCC(=O)OC. The number of rotatable bonds is 13. The standard InChI is InChI=1S/C19H32O2/c1-3-4-5-6-7-8-9-10-11-12-13-14-15-16-17-18-19(20)21-2/h6-11H,3-5,12-18H2,1-2H3/b7-6-,9-8-,11-10-. The lowest BCUT2D eigenvalue weighted by Gasteiger charge is -1.99. The van der Waals surface area contributed by atoms with Gasteiger partial charge in [0.15, 0.2) is 0 Å². The van der Waals surface area contributed by atoms with Gasteiger partial charge in [-0.15, -0.1) is 0 Å². The van der Waals surface area contributed by atoms with Crippen LogP contribution in [0, 0.1) is 0 Å². The first-order chi connectivity index (χ1) is 10.3. The second kappa shape index (κ2) is 16.7. The Balaban J connectivity index is 3.30. The van der Waals surface area contributed by atoms with Crippen LogP contribution in [-0.4, -0.2) is 13.1 Å². The van der Waals surface area contributed by atoms with Crippen molar-refractivity contribution in [3.8, 4) is 0 Å². The number of methoxy groups -OCH3 is 1. The largest absolute Gasteiger partial charge is 0.469 e. The number of ether oxygens (including phenoxy) is 1. The molecule has 0 unspecified atom stereocenters. The molecule has 120 valence electrons. The first-order valence-electron chi connectivity index (χ1n) is 8.36. The fraction of sp³-hybridized carbons (Fsp3) is 0.632. The van der Waals surface area contributed by atoms with Crippen LogP contribution in [0.15, 0.2) is 36.5 Å². The lowest BCUT2D eigenvalue weighted by Crippen LogP contribution is -1.98. The third-order valence-corrected chi connectivity index (χ3v) is 3.31. The van der Waals surface area contributed by atoms with Gasteiger partial charge in [0.1, 0.15) is 0 Å². The van der Waals surface area contributed by atoms with Crippen LogP contribution in [0.2, 0.25) is 0 Å². The lowest BCUT2D eigenvalue weighted by molar-refractivity contribution is -0.140. The van der Waals surface area contributed by atoms with Crippen molar-refractivity contribution in [3.05, 3.63) is 36.5 Å². The second-order valence-electron chi connectivity index (χ2n) is 5.27. The molecule has 0 amide bonds. The van der Waals surface area contributed by atoms with Crippen LogP contribution in [0.1, 0.15) is 71.1 Å². The van der Waals surface area contributed by atoms with Crippen molar-refractivity contribution in [3.63, 3.8) is 0 Å². The first kappa shape index (κ1) is 19.7. The fourth-order valence-electron chi connectivity index (χ4n) is 1.96. The third-order valence-electron chi connectivity index (χ3n) is 3.31. The van der Waals surface area contributed by atoms with Crippen molar-refractivity contribution in [1.82, 2.24) is 0 Å². The average Bonchev–Trinajstić information content (AvgIpc) is 2.50. The average molecular weight is 292 g/mol. The predicted molar refractivity (Wildman–Crippen MR) is 91.3 cm³/mol. The molecule has 0 heterocycles. The van der Waals surface area contributed by atoms with Crippen LogP contribution in [0.4, 0.5) is 0 Å². The number of esters is 1. The molecule has 2 heteroatoms. The van der Waals surface area contributed by atoms with Crippen molar-refractivity contribution in [2.75, 3.05) is 7.11 Å². The van der Waals surface area contributed by atoms with Gasteiger partial charge in [0, 0.05) is 6.42 Å². The fourth-order valence-corrected chi connectivity index (χ4v) is 1.96. The molecule has 0 spiro atoms. The molecular weight excluding hydrogens is 260 g/mol. The van der Waals surface area contributed by atoms with Gasteiger partial charge in [-0.2, -0.15) is 0 Å². The molecule has 0 bridgehead atoms. The Labute approximate surface area is 131 Å². The highest BCUT2D eigenvalue weighted by Crippen LogP contribution is 2.08. The number of unbranched alkanes of at least 4 members (excludes halogenated alkanes) is 7. The maximum Gasteiger partial charge on any atom is 0.305 e. The van der Waals surface area contributed by atoms with Crippen LogP contribution < -0.4 is 0 Å². The zero-order valence-electron chi connectivity index (χ0n) is 13.9. The molecule has 0 aliphatic carbocycles. The van der Waals surface area contributed by atoms with Crippen LogP contribution in [-0.2, 0) is 9.53 Å². The Bertz CT molecular complexity index is 314. The molecule has 0 aromatic carbocycles. The van der Waals surface area contributed by atoms with Gasteiger partial charge in [-0.25, -0.2) is 0 Å². The summed E-state index contributed by atoms with van der Waals surface area (Å²) in [7, 11) is 1.45. The highest BCUT2D eigenvalue weighted by atomic mass is 16.5. The normalized spacial score (nSPS) is 11.9. The van der Waals surface area contributed by atoms with Gasteiger partial charge < -0.3 is 4.74 Å². The Morgan fingerprint density at radius 2 is 1.38 bits per heavy atom. The summed E-state index contributed by atoms with van der Waals surface area (Å²) in [5.41, 5.74) is 0. The summed E-state index contributed by atoms with van der Waals surface area (Å²) in [6.45, 7) is 2.21. The molecule has 2 nitrogen and oxygen atoms in total. The zero-order chi connectivity index (χ0) is 15.6. The molecule has 0 saturated heterocycles. The molecule has 0 aliphatic rings. The van der Waals surface area contributed by atoms with E-state index in [1.807, 2.05) is 0 Å². The molecule has 0 saturated carbocycles. The summed E-state index contributed by atoms with van der Waals surface area (Å²) in [6, 6.07) is 0. The summed E-state index contributed by atoms with van der Waals surface area (Å²) in [4.78, 5) is 10.9. The van der Waals surface area contributed by atoms with Crippen LogP contribution >= 0.6 is 0 Å². The van der Waals surface area contributed by atoms with E-state index in [0.29, 0.717) is 6.42 Å². The van der Waals surface area contributed by atoms with E-state index < -0.39 is 0 Å². The molecule has 0 aromatic heterocycles. The van der Waals surface area contributed by atoms with E-state index >= 15 is 0 Å². The Kier molecular flexibility index (Phi) is 15.7. The van der Waals surface area contributed by atoms with E-state index in [0.717, 1.165) is 19.3 Å². The van der Waals surface area contributed by atoms with Crippen molar-refractivity contribution < 1.29 is 9.53 Å². The van der Waals surface area contributed by atoms with E-state index in [9.17, 15) is 4.79 Å². The summed E-state index contributed by atoms with van der Waals surface area (Å²) < 4.78 is 4.61. The maximum absolute atomic E-state index is 10.9. The molecule has 21 heavy (non-hydrogen) atoms. The number of carbonyl (C=O) groups excluding carboxylic acids is 1. The summed E-state index contributed by atoms with van der Waals surface area (Å²) >= 11 is 0. The molecule has 0 aromatic rings. The number of carbonyl (C=O) groups is 1. The van der Waals surface area contributed by atoms with Crippen molar-refractivity contribution >= 4 is 5.97 Å². The molecule has 0 fully saturated rings. The maximum atomic E-state index is 10.9. The minimum absolute atomic E-state index is 0.0894. The van der Waals surface area contributed by atoms with E-state index in [1.54, 1.807) is 0 Å². The molecule has 0 rings (SSSR count). The van der Waals surface area contributed by atoms with Crippen molar-refractivity contribution in [2.24, 2.45) is 0 Å². The van der Waals surface area contributed by atoms with Crippen molar-refractivity contribution in [2.45, 2.75) is 71.1 Å². The molecule has 0 atom stereocenters. The van der Waals surface area contributed by atoms with Gasteiger partial charge in [-0.1, -0.05) is 75.5 Å². The van der Waals surface area contributed by atoms with E-state index in [-0.39, 0.29) is 5.97 Å². The van der Waals surface area contributed by atoms with E-state index in [4.69, 9.17) is 0 Å². The lowest BCUT2D eigenvalue weighted by atomic mass is 10.1. The molecule has 0 N–H and O–H groups in total. The third kappa shape index (κ3) is 16.6. The van der Waals surface area contributed by atoms with Gasteiger partial charge in [-0.05, 0) is 25.7 Å². The second-order valence-corrected chi connectivity index (χ2v) is 5.27. The number of hydrogen-bond acceptors (Lipinski definition) is 2. The highest BCUT2D eigenvalue weighted by molar-refractivity contribution is 5.68. The summed E-state index contributed by atoms with van der Waals surface area (Å²) in [6.07, 6.45) is 24.1. The van der Waals surface area contributed by atoms with Crippen LogP contribution in [0.25, 0.3) is 0 Å². The van der Waals surface area contributed by atoms with Crippen molar-refractivity contribution in [1.29, 1.82) is 0 Å². The van der Waals surface area contributed by atoms with Gasteiger partial charge in [0.25, 0.3) is 0 Å². The molecular formula is C19H32O2. The topological polar surface area (TPSA) is 26.3 Å². The first-order valence-corrected chi connectivity index (χ1v) is 8.36. The van der Waals surface area contributed by atoms with Gasteiger partial charge in [0.05, 0.1) is 7.11 Å². The number of hydrogen-bond donors (Lipinski definition) is 0. The Morgan fingerprint density at radius 1 is 0.810 bits per heavy atom. The summed E-state index contributed by atoms with van der Waals surface area (Å²) in [5, 5.41) is 0. The minimum atomic E-state index is -0.0894. The Morgan fingerprint density at radius 3 is 2.00 bits per heavy atom. The molecule has 0 radical (unpaired) electrons. The van der Waals surface area contributed by atoms with Gasteiger partial charge >= 0.3 is 5.97 Å². The molecule has 0 aliphatic heterocycles. The van der Waals surface area contributed by atoms with Crippen LogP contribution in [0.3, 0.4) is 0 Å². The number of allylic oxidation sites excluding steroid dienone is 6. The monoisotopic (exact) mass is 292 g/mol. The van der Waals surface area contributed by atoms with Gasteiger partial charge in [0.2, 0.25) is 0 Å². The minimum Gasteiger partial charge on any atom is -0.469 e. The Hall–Kier alpha value is -1.31.